The van der Waals surface area contributed by atoms with E-state index >= 15 is 0 Å². The van der Waals surface area contributed by atoms with Crippen LogP contribution >= 0.6 is 19.2 Å². The smallest absolute Gasteiger partial charge is 0.462 e. The molecular formula is C18H20ClO6P. The molecule has 0 spiro atoms. The molecule has 0 aliphatic heterocycles. The highest BCUT2D eigenvalue weighted by molar-refractivity contribution is 7.59. The van der Waals surface area contributed by atoms with Crippen LogP contribution in [0.1, 0.15) is 13.8 Å². The van der Waals surface area contributed by atoms with Gasteiger partial charge in [-0.1, -0.05) is 48.0 Å². The molecule has 0 bridgehead atoms. The topological polar surface area (TPSA) is 71.1 Å². The number of rotatable bonds is 9. The lowest BCUT2D eigenvalue weighted by Gasteiger charge is -2.31. The van der Waals surface area contributed by atoms with E-state index in [9.17, 15) is 9.36 Å². The zero-order valence-corrected chi connectivity index (χ0v) is 16.1. The van der Waals surface area contributed by atoms with Gasteiger partial charge in [-0.25, -0.2) is 9.36 Å². The maximum atomic E-state index is 13.7. The van der Waals surface area contributed by atoms with E-state index in [0.717, 1.165) is 0 Å². The number of benzene rings is 2. The van der Waals surface area contributed by atoms with Crippen LogP contribution in [0.5, 0.6) is 11.5 Å². The molecule has 0 radical (unpaired) electrons. The largest absolute Gasteiger partial charge is 0.490 e. The highest BCUT2D eigenvalue weighted by Crippen LogP contribution is 2.62. The number of carbonyl (C=O) groups excluding carboxylic acids is 1. The maximum absolute atomic E-state index is 13.7. The number of esters is 1. The summed E-state index contributed by atoms with van der Waals surface area (Å²) < 4.78 is 35.1. The molecule has 0 aromatic heterocycles. The second kappa shape index (κ2) is 9.08. The third-order valence-corrected chi connectivity index (χ3v) is 5.96. The van der Waals surface area contributed by atoms with Crippen LogP contribution in [0.4, 0.5) is 0 Å². The lowest BCUT2D eigenvalue weighted by molar-refractivity contribution is -0.155. The van der Waals surface area contributed by atoms with E-state index < -0.39 is 18.4 Å². The molecule has 2 aromatic carbocycles. The summed E-state index contributed by atoms with van der Waals surface area (Å²) in [5, 5.41) is 0. The standard InChI is InChI=1S/C18H20ClO6P/c1-3-22-17(20)18(19,23-4-2)26(21,24-15-11-7-5-8-12-15)25-16-13-9-6-10-14-16/h5-14H,3-4H2,1-2H3. The summed E-state index contributed by atoms with van der Waals surface area (Å²) in [7, 11) is -4.42. The number of halogens is 1. The first-order chi connectivity index (χ1) is 12.4. The fraction of sp³-hybridized carbons (Fsp3) is 0.278. The van der Waals surface area contributed by atoms with Crippen molar-refractivity contribution in [2.75, 3.05) is 13.2 Å². The second-order valence-corrected chi connectivity index (χ2v) is 7.81. The van der Waals surface area contributed by atoms with Gasteiger partial charge >= 0.3 is 18.4 Å². The van der Waals surface area contributed by atoms with Gasteiger partial charge in [0.2, 0.25) is 0 Å². The van der Waals surface area contributed by atoms with Gasteiger partial charge in [-0.15, -0.1) is 0 Å². The molecule has 0 saturated heterocycles. The lowest BCUT2D eigenvalue weighted by atomic mass is 10.3. The first-order valence-electron chi connectivity index (χ1n) is 8.04. The van der Waals surface area contributed by atoms with Crippen molar-refractivity contribution < 1.29 is 27.9 Å². The summed E-state index contributed by atoms with van der Waals surface area (Å²) in [6, 6.07) is 16.5. The van der Waals surface area contributed by atoms with Gasteiger partial charge < -0.3 is 18.5 Å². The van der Waals surface area contributed by atoms with Gasteiger partial charge in [0.1, 0.15) is 11.5 Å². The fourth-order valence-corrected chi connectivity index (χ4v) is 4.05. The number of ether oxygens (including phenoxy) is 2. The third-order valence-electron chi connectivity index (χ3n) is 3.15. The zero-order valence-electron chi connectivity index (χ0n) is 14.5. The molecule has 140 valence electrons. The van der Waals surface area contributed by atoms with Gasteiger partial charge in [0.15, 0.2) is 0 Å². The first kappa shape index (κ1) is 20.3. The number of carbonyl (C=O) groups is 1. The summed E-state index contributed by atoms with van der Waals surface area (Å²) in [6.07, 6.45) is 0. The van der Waals surface area contributed by atoms with Crippen molar-refractivity contribution in [3.63, 3.8) is 0 Å². The van der Waals surface area contributed by atoms with Crippen molar-refractivity contribution in [1.82, 2.24) is 0 Å². The molecule has 26 heavy (non-hydrogen) atoms. The first-order valence-corrected chi connectivity index (χ1v) is 9.96. The Hall–Kier alpha value is -2.01. The van der Waals surface area contributed by atoms with E-state index in [1.807, 2.05) is 0 Å². The molecule has 6 nitrogen and oxygen atoms in total. The molecule has 8 heteroatoms. The van der Waals surface area contributed by atoms with E-state index in [4.69, 9.17) is 30.1 Å². The Labute approximate surface area is 157 Å². The van der Waals surface area contributed by atoms with Crippen LogP contribution < -0.4 is 9.05 Å². The highest BCUT2D eigenvalue weighted by atomic mass is 35.5. The third kappa shape index (κ3) is 4.58. The molecule has 2 rings (SSSR count). The Morgan fingerprint density at radius 3 is 1.77 bits per heavy atom. The molecule has 2 aromatic rings. The summed E-state index contributed by atoms with van der Waals surface area (Å²) >= 11 is 6.37. The van der Waals surface area contributed by atoms with Gasteiger partial charge in [-0.05, 0) is 38.1 Å². The average molecular weight is 399 g/mol. The van der Waals surface area contributed by atoms with Crippen LogP contribution in [0.2, 0.25) is 0 Å². The number of para-hydroxylation sites is 2. The summed E-state index contributed by atoms with van der Waals surface area (Å²) in [5.41, 5.74) is 0. The van der Waals surface area contributed by atoms with Crippen LogP contribution in [0.15, 0.2) is 60.7 Å². The van der Waals surface area contributed by atoms with Gasteiger partial charge in [0.05, 0.1) is 6.61 Å². The minimum absolute atomic E-state index is 0.0113. The predicted molar refractivity (Wildman–Crippen MR) is 98.6 cm³/mol. The van der Waals surface area contributed by atoms with Crippen molar-refractivity contribution in [3.05, 3.63) is 60.7 Å². The lowest BCUT2D eigenvalue weighted by Crippen LogP contribution is -2.40. The zero-order chi connectivity index (χ0) is 19.0. The quantitative estimate of drug-likeness (QED) is 0.342. The van der Waals surface area contributed by atoms with Gasteiger partial charge in [-0.3, -0.25) is 0 Å². The highest BCUT2D eigenvalue weighted by Gasteiger charge is 2.62. The minimum atomic E-state index is -4.42. The maximum Gasteiger partial charge on any atom is 0.490 e. The second-order valence-electron chi connectivity index (χ2n) is 5.02. The van der Waals surface area contributed by atoms with E-state index in [1.165, 1.54) is 0 Å². The predicted octanol–water partition coefficient (Wildman–Crippen LogP) is 4.83. The van der Waals surface area contributed by atoms with Gasteiger partial charge in [-0.2, -0.15) is 0 Å². The molecule has 0 aliphatic rings. The molecule has 1 atom stereocenters. The van der Waals surface area contributed by atoms with Crippen molar-refractivity contribution in [2.45, 2.75) is 18.6 Å². The molecule has 0 N–H and O–H groups in total. The Morgan fingerprint density at radius 1 is 0.923 bits per heavy atom. The summed E-state index contributed by atoms with van der Waals surface area (Å²) in [6.45, 7) is 3.22. The van der Waals surface area contributed by atoms with Crippen LogP contribution in [0.3, 0.4) is 0 Å². The van der Waals surface area contributed by atoms with Crippen molar-refractivity contribution in [1.29, 1.82) is 0 Å². The van der Waals surface area contributed by atoms with Gasteiger partial charge in [0, 0.05) is 6.61 Å². The van der Waals surface area contributed by atoms with Crippen LogP contribution in [-0.2, 0) is 18.8 Å². The Bertz CT molecular complexity index is 709. The number of hydrogen-bond donors (Lipinski definition) is 0. The van der Waals surface area contributed by atoms with Crippen LogP contribution in [0, 0.1) is 0 Å². The average Bonchev–Trinajstić information content (AvgIpc) is 2.63. The monoisotopic (exact) mass is 398 g/mol. The fourth-order valence-electron chi connectivity index (χ4n) is 2.04. The Balaban J connectivity index is 2.49. The molecule has 0 fully saturated rings. The SMILES string of the molecule is CCOC(=O)C(Cl)(OCC)P(=O)(Oc1ccccc1)Oc1ccccc1. The number of hydrogen-bond acceptors (Lipinski definition) is 6. The normalized spacial score (nSPS) is 13.5. The van der Waals surface area contributed by atoms with Crippen molar-refractivity contribution >= 4 is 25.2 Å². The molecule has 1 unspecified atom stereocenters. The summed E-state index contributed by atoms with van der Waals surface area (Å²) in [5.74, 6) is -0.625. The molecule has 0 aliphatic carbocycles. The molecule has 0 heterocycles. The molecule has 0 saturated carbocycles. The molecular weight excluding hydrogens is 379 g/mol. The minimum Gasteiger partial charge on any atom is -0.462 e. The van der Waals surface area contributed by atoms with E-state index in [0.29, 0.717) is 0 Å². The van der Waals surface area contributed by atoms with E-state index in [1.54, 1.807) is 74.5 Å². The van der Waals surface area contributed by atoms with E-state index in [2.05, 4.69) is 0 Å². The van der Waals surface area contributed by atoms with Crippen LogP contribution in [0.25, 0.3) is 0 Å². The Morgan fingerprint density at radius 2 is 1.38 bits per heavy atom. The Kier molecular flexibility index (Phi) is 7.09. The van der Waals surface area contributed by atoms with Gasteiger partial charge in [0.25, 0.3) is 0 Å². The van der Waals surface area contributed by atoms with Crippen molar-refractivity contribution in [3.8, 4) is 11.5 Å². The van der Waals surface area contributed by atoms with E-state index in [-0.39, 0.29) is 24.7 Å². The summed E-state index contributed by atoms with van der Waals surface area (Å²) in [4.78, 5) is 10.0. The van der Waals surface area contributed by atoms with Crippen LogP contribution in [-0.4, -0.2) is 24.0 Å². The van der Waals surface area contributed by atoms with Crippen molar-refractivity contribution in [2.24, 2.45) is 0 Å². The number of alkyl halides is 1. The molecule has 0 amide bonds.